The van der Waals surface area contributed by atoms with Crippen molar-refractivity contribution in [2.24, 2.45) is 0 Å². The van der Waals surface area contributed by atoms with Gasteiger partial charge in [0, 0.05) is 23.2 Å². The fourth-order valence-corrected chi connectivity index (χ4v) is 1.63. The lowest BCUT2D eigenvalue weighted by molar-refractivity contribution is -0.120. The van der Waals surface area contributed by atoms with E-state index in [0.29, 0.717) is 17.1 Å². The normalized spacial score (nSPS) is 10.6. The molecule has 0 unspecified atom stereocenters. The number of halogens is 1. The zero-order valence-corrected chi connectivity index (χ0v) is 10.7. The van der Waals surface area contributed by atoms with Gasteiger partial charge in [0.1, 0.15) is 5.75 Å². The number of hydrogen-bond donors (Lipinski definition) is 3. The van der Waals surface area contributed by atoms with E-state index in [1.165, 1.54) is 0 Å². The maximum atomic E-state index is 11.3. The first-order valence-corrected chi connectivity index (χ1v) is 5.85. The lowest BCUT2D eigenvalue weighted by Crippen LogP contribution is -2.37. The van der Waals surface area contributed by atoms with E-state index in [9.17, 15) is 9.90 Å². The lowest BCUT2D eigenvalue weighted by Gasteiger charge is -2.10. The highest BCUT2D eigenvalue weighted by molar-refractivity contribution is 6.31. The number of rotatable bonds is 5. The van der Waals surface area contributed by atoms with Crippen LogP contribution < -0.4 is 10.6 Å². The molecular weight excluding hydrogens is 240 g/mol. The second-order valence-corrected chi connectivity index (χ2v) is 4.47. The van der Waals surface area contributed by atoms with Crippen LogP contribution in [0.15, 0.2) is 18.2 Å². The zero-order chi connectivity index (χ0) is 12.8. The van der Waals surface area contributed by atoms with Crippen molar-refractivity contribution in [3.63, 3.8) is 0 Å². The Balaban J connectivity index is 2.43. The quantitative estimate of drug-likeness (QED) is 0.751. The highest BCUT2D eigenvalue weighted by Gasteiger charge is 2.07. The smallest absolute Gasteiger partial charge is 0.234 e. The Morgan fingerprint density at radius 1 is 1.47 bits per heavy atom. The number of phenols is 1. The van der Waals surface area contributed by atoms with Crippen LogP contribution in [0.25, 0.3) is 0 Å². The van der Waals surface area contributed by atoms with Crippen molar-refractivity contribution < 1.29 is 9.90 Å². The van der Waals surface area contributed by atoms with Crippen molar-refractivity contribution in [3.05, 3.63) is 28.8 Å². The van der Waals surface area contributed by atoms with E-state index in [1.807, 2.05) is 13.8 Å². The van der Waals surface area contributed by atoms with Crippen molar-refractivity contribution in [1.82, 2.24) is 10.6 Å². The number of benzene rings is 1. The summed E-state index contributed by atoms with van der Waals surface area (Å²) in [5.74, 6) is 0.0563. The molecule has 0 aliphatic carbocycles. The number of nitrogens with one attached hydrogen (secondary N) is 2. The molecule has 3 N–H and O–H groups in total. The Kier molecular flexibility index (Phi) is 5.25. The number of phenolic OH excluding ortho intramolecular Hbond substituents is 1. The molecule has 1 aromatic rings. The molecule has 0 aromatic heterocycles. The SMILES string of the molecule is CC(C)NC(=O)CNCc1c(O)cccc1Cl. The van der Waals surface area contributed by atoms with Gasteiger partial charge in [-0.3, -0.25) is 4.79 Å². The number of carbonyl (C=O) groups excluding carboxylic acids is 1. The summed E-state index contributed by atoms with van der Waals surface area (Å²) in [6.45, 7) is 4.36. The Labute approximate surface area is 106 Å². The Hall–Kier alpha value is -1.26. The van der Waals surface area contributed by atoms with Crippen LogP contribution in [-0.4, -0.2) is 23.6 Å². The number of hydrogen-bond acceptors (Lipinski definition) is 3. The molecule has 0 aliphatic heterocycles. The van der Waals surface area contributed by atoms with Crippen LogP contribution in [-0.2, 0) is 11.3 Å². The summed E-state index contributed by atoms with van der Waals surface area (Å²) in [5, 5.41) is 15.8. The summed E-state index contributed by atoms with van der Waals surface area (Å²) in [5.41, 5.74) is 0.603. The van der Waals surface area contributed by atoms with Crippen LogP contribution in [0.3, 0.4) is 0 Å². The largest absolute Gasteiger partial charge is 0.508 e. The van der Waals surface area contributed by atoms with E-state index in [-0.39, 0.29) is 24.2 Å². The van der Waals surface area contributed by atoms with Crippen molar-refractivity contribution >= 4 is 17.5 Å². The summed E-state index contributed by atoms with van der Waals surface area (Å²) in [6, 6.07) is 5.06. The second kappa shape index (κ2) is 6.47. The predicted molar refractivity (Wildman–Crippen MR) is 68.1 cm³/mol. The average molecular weight is 257 g/mol. The molecule has 0 atom stereocenters. The molecule has 1 aromatic carbocycles. The van der Waals surface area contributed by atoms with Gasteiger partial charge in [-0.05, 0) is 26.0 Å². The number of carbonyl (C=O) groups is 1. The molecule has 0 fully saturated rings. The van der Waals surface area contributed by atoms with Crippen LogP contribution >= 0.6 is 11.6 Å². The molecule has 0 saturated heterocycles. The first-order chi connectivity index (χ1) is 8.00. The molecule has 0 aliphatic rings. The van der Waals surface area contributed by atoms with E-state index < -0.39 is 0 Å². The third kappa shape index (κ3) is 4.63. The maximum Gasteiger partial charge on any atom is 0.234 e. The molecule has 0 radical (unpaired) electrons. The van der Waals surface area contributed by atoms with Gasteiger partial charge in [-0.2, -0.15) is 0 Å². The highest BCUT2D eigenvalue weighted by Crippen LogP contribution is 2.24. The molecule has 0 bridgehead atoms. The van der Waals surface area contributed by atoms with Crippen molar-refractivity contribution in [3.8, 4) is 5.75 Å². The molecular formula is C12H17ClN2O2. The van der Waals surface area contributed by atoms with Crippen molar-refractivity contribution in [2.75, 3.05) is 6.54 Å². The summed E-state index contributed by atoms with van der Waals surface area (Å²) in [4.78, 5) is 11.3. The predicted octanol–water partition coefficient (Wildman–Crippen LogP) is 1.66. The fourth-order valence-electron chi connectivity index (χ4n) is 1.40. The van der Waals surface area contributed by atoms with Crippen molar-refractivity contribution in [1.29, 1.82) is 0 Å². The summed E-state index contributed by atoms with van der Waals surface area (Å²) >= 11 is 5.93. The lowest BCUT2D eigenvalue weighted by atomic mass is 10.2. The van der Waals surface area contributed by atoms with Crippen LogP contribution in [0.1, 0.15) is 19.4 Å². The maximum absolute atomic E-state index is 11.3. The van der Waals surface area contributed by atoms with Gasteiger partial charge in [-0.15, -0.1) is 0 Å². The Morgan fingerprint density at radius 3 is 2.76 bits per heavy atom. The van der Waals surface area contributed by atoms with Gasteiger partial charge in [0.2, 0.25) is 5.91 Å². The molecule has 5 heteroatoms. The van der Waals surface area contributed by atoms with E-state index in [0.717, 1.165) is 0 Å². The molecule has 4 nitrogen and oxygen atoms in total. The summed E-state index contributed by atoms with van der Waals surface area (Å²) < 4.78 is 0. The van der Waals surface area contributed by atoms with Crippen LogP contribution in [0.5, 0.6) is 5.75 Å². The molecule has 0 saturated carbocycles. The highest BCUT2D eigenvalue weighted by atomic mass is 35.5. The van der Waals surface area contributed by atoms with Gasteiger partial charge < -0.3 is 15.7 Å². The van der Waals surface area contributed by atoms with Crippen molar-refractivity contribution in [2.45, 2.75) is 26.4 Å². The standard InChI is InChI=1S/C12H17ClN2O2/c1-8(2)15-12(17)7-14-6-9-10(13)4-3-5-11(9)16/h3-5,8,14,16H,6-7H2,1-2H3,(H,15,17). The van der Waals surface area contributed by atoms with Gasteiger partial charge in [-0.25, -0.2) is 0 Å². The van der Waals surface area contributed by atoms with Crippen LogP contribution in [0.4, 0.5) is 0 Å². The summed E-state index contributed by atoms with van der Waals surface area (Å²) in [6.07, 6.45) is 0. The molecule has 0 heterocycles. The minimum absolute atomic E-state index is 0.0773. The zero-order valence-electron chi connectivity index (χ0n) is 9.96. The van der Waals surface area contributed by atoms with E-state index in [2.05, 4.69) is 10.6 Å². The van der Waals surface area contributed by atoms with Gasteiger partial charge in [0.25, 0.3) is 0 Å². The van der Waals surface area contributed by atoms with Gasteiger partial charge >= 0.3 is 0 Å². The van der Waals surface area contributed by atoms with Gasteiger partial charge in [0.05, 0.1) is 6.54 Å². The van der Waals surface area contributed by atoms with Gasteiger partial charge in [0.15, 0.2) is 0 Å². The molecule has 94 valence electrons. The second-order valence-electron chi connectivity index (χ2n) is 4.06. The Bertz CT molecular complexity index is 374. The third-order valence-corrected chi connectivity index (χ3v) is 2.49. The minimum atomic E-state index is -0.0773. The first-order valence-electron chi connectivity index (χ1n) is 5.47. The Morgan fingerprint density at radius 2 is 2.18 bits per heavy atom. The van der Waals surface area contributed by atoms with E-state index in [4.69, 9.17) is 11.6 Å². The van der Waals surface area contributed by atoms with Crippen LogP contribution in [0, 0.1) is 0 Å². The first kappa shape index (κ1) is 13.8. The molecule has 17 heavy (non-hydrogen) atoms. The summed E-state index contributed by atoms with van der Waals surface area (Å²) in [7, 11) is 0. The average Bonchev–Trinajstić information content (AvgIpc) is 2.21. The van der Waals surface area contributed by atoms with Crippen LogP contribution in [0.2, 0.25) is 5.02 Å². The van der Waals surface area contributed by atoms with E-state index in [1.54, 1.807) is 18.2 Å². The minimum Gasteiger partial charge on any atom is -0.508 e. The molecule has 0 spiro atoms. The van der Waals surface area contributed by atoms with Gasteiger partial charge in [-0.1, -0.05) is 17.7 Å². The monoisotopic (exact) mass is 256 g/mol. The number of amides is 1. The number of aromatic hydroxyl groups is 1. The topological polar surface area (TPSA) is 61.4 Å². The van der Waals surface area contributed by atoms with E-state index >= 15 is 0 Å². The fraction of sp³-hybridized carbons (Fsp3) is 0.417. The third-order valence-electron chi connectivity index (χ3n) is 2.13. The molecule has 1 rings (SSSR count). The molecule has 1 amide bonds.